The van der Waals surface area contributed by atoms with Crippen LogP contribution < -0.4 is 16.4 Å². The zero-order valence-electron chi connectivity index (χ0n) is 12.7. The second-order valence-corrected chi connectivity index (χ2v) is 5.20. The van der Waals surface area contributed by atoms with E-state index < -0.39 is 0 Å². The molecule has 2 rings (SSSR count). The van der Waals surface area contributed by atoms with Crippen LogP contribution in [0.25, 0.3) is 11.0 Å². The summed E-state index contributed by atoms with van der Waals surface area (Å²) in [4.78, 5) is 12.7. The topological polar surface area (TPSA) is 106 Å². The molecule has 0 atom stereocenters. The minimum Gasteiger partial charge on any atom is -0.370 e. The van der Waals surface area contributed by atoms with E-state index in [1.165, 1.54) is 6.33 Å². The van der Waals surface area contributed by atoms with Crippen LogP contribution >= 0.6 is 0 Å². The minimum absolute atomic E-state index is 0.472. The molecule has 0 saturated carbocycles. The maximum absolute atomic E-state index is 5.77. The Labute approximate surface area is 123 Å². The smallest absolute Gasteiger partial charge is 0.188 e. The molecule has 0 aliphatic carbocycles. The highest BCUT2D eigenvalue weighted by atomic mass is 15.3. The van der Waals surface area contributed by atoms with E-state index in [2.05, 4.69) is 44.5 Å². The molecule has 0 amide bonds. The Morgan fingerprint density at radius 2 is 2.19 bits per heavy atom. The molecule has 0 radical (unpaired) electrons. The van der Waals surface area contributed by atoms with E-state index in [4.69, 9.17) is 5.73 Å². The Morgan fingerprint density at radius 3 is 2.95 bits per heavy atom. The molecule has 8 heteroatoms. The number of aromatic nitrogens is 4. The van der Waals surface area contributed by atoms with Crippen molar-refractivity contribution in [3.63, 3.8) is 0 Å². The third-order valence-electron chi connectivity index (χ3n) is 2.88. The van der Waals surface area contributed by atoms with Crippen molar-refractivity contribution < 1.29 is 0 Å². The van der Waals surface area contributed by atoms with E-state index in [0.717, 1.165) is 23.4 Å². The Balaban J connectivity index is 1.84. The number of aliphatic imine (C=N–C) groups is 1. The molecule has 114 valence electrons. The van der Waals surface area contributed by atoms with Crippen molar-refractivity contribution in [2.75, 3.05) is 25.0 Å². The molecule has 8 nitrogen and oxygen atoms in total. The Kier molecular flexibility index (Phi) is 4.91. The van der Waals surface area contributed by atoms with Gasteiger partial charge in [0.05, 0.1) is 11.6 Å². The molecule has 2 aromatic rings. The molecule has 0 aliphatic rings. The predicted octanol–water partition coefficient (Wildman–Crippen LogP) is 0.336. The van der Waals surface area contributed by atoms with Gasteiger partial charge in [0.15, 0.2) is 11.6 Å². The van der Waals surface area contributed by atoms with E-state index in [0.29, 0.717) is 25.0 Å². The van der Waals surface area contributed by atoms with Crippen LogP contribution in [0.15, 0.2) is 17.5 Å². The third kappa shape index (κ3) is 4.04. The van der Waals surface area contributed by atoms with E-state index >= 15 is 0 Å². The predicted molar refractivity (Wildman–Crippen MR) is 84.1 cm³/mol. The molecule has 0 saturated heterocycles. The van der Waals surface area contributed by atoms with Crippen LogP contribution in [-0.4, -0.2) is 45.3 Å². The van der Waals surface area contributed by atoms with Crippen molar-refractivity contribution in [1.29, 1.82) is 0 Å². The summed E-state index contributed by atoms with van der Waals surface area (Å²) in [6.45, 7) is 6.28. The highest BCUT2D eigenvalue weighted by Crippen LogP contribution is 2.16. The van der Waals surface area contributed by atoms with Gasteiger partial charge in [-0.2, -0.15) is 5.10 Å². The first-order valence-electron chi connectivity index (χ1n) is 6.98. The first-order valence-corrected chi connectivity index (χ1v) is 6.98. The van der Waals surface area contributed by atoms with E-state index in [1.54, 1.807) is 10.9 Å². The van der Waals surface area contributed by atoms with Gasteiger partial charge in [-0.1, -0.05) is 13.8 Å². The monoisotopic (exact) mass is 290 g/mol. The first-order chi connectivity index (χ1) is 10.1. The van der Waals surface area contributed by atoms with Crippen LogP contribution in [0.5, 0.6) is 0 Å². The van der Waals surface area contributed by atoms with Crippen LogP contribution in [-0.2, 0) is 7.05 Å². The highest BCUT2D eigenvalue weighted by Gasteiger charge is 2.06. The van der Waals surface area contributed by atoms with Crippen LogP contribution in [0.4, 0.5) is 5.82 Å². The maximum Gasteiger partial charge on any atom is 0.188 e. The number of rotatable bonds is 6. The van der Waals surface area contributed by atoms with Gasteiger partial charge in [-0.25, -0.2) is 9.97 Å². The van der Waals surface area contributed by atoms with Gasteiger partial charge in [0.25, 0.3) is 0 Å². The molecular weight excluding hydrogens is 268 g/mol. The summed E-state index contributed by atoms with van der Waals surface area (Å²) in [6, 6.07) is 0. The summed E-state index contributed by atoms with van der Waals surface area (Å²) in [7, 11) is 1.85. The van der Waals surface area contributed by atoms with Crippen molar-refractivity contribution in [3.8, 4) is 0 Å². The van der Waals surface area contributed by atoms with E-state index in [9.17, 15) is 0 Å². The highest BCUT2D eigenvalue weighted by molar-refractivity contribution is 5.86. The Hall–Kier alpha value is -2.38. The Morgan fingerprint density at radius 1 is 1.38 bits per heavy atom. The molecule has 0 fully saturated rings. The summed E-state index contributed by atoms with van der Waals surface area (Å²) in [6.07, 6.45) is 3.28. The number of aryl methyl sites for hydroxylation is 1. The number of nitrogens with two attached hydrogens (primary N) is 1. The van der Waals surface area contributed by atoms with Crippen LogP contribution in [0.2, 0.25) is 0 Å². The second-order valence-electron chi connectivity index (χ2n) is 5.20. The lowest BCUT2D eigenvalue weighted by Crippen LogP contribution is -2.35. The van der Waals surface area contributed by atoms with Gasteiger partial charge in [0.1, 0.15) is 12.1 Å². The van der Waals surface area contributed by atoms with Crippen molar-refractivity contribution in [3.05, 3.63) is 12.5 Å². The fourth-order valence-electron chi connectivity index (χ4n) is 1.81. The average molecular weight is 290 g/mol. The second kappa shape index (κ2) is 6.87. The number of hydrogen-bond acceptors (Lipinski definition) is 5. The third-order valence-corrected chi connectivity index (χ3v) is 2.88. The standard InChI is InChI=1S/C13H22N8/c1-9(2)6-17-13(14)16-5-4-15-11-10-7-20-21(3)12(10)19-8-18-11/h7-9H,4-6H2,1-3H3,(H3,14,16,17)(H,15,18,19). The summed E-state index contributed by atoms with van der Waals surface area (Å²) >= 11 is 0. The molecule has 0 spiro atoms. The summed E-state index contributed by atoms with van der Waals surface area (Å²) in [5.74, 6) is 1.75. The largest absolute Gasteiger partial charge is 0.370 e. The minimum atomic E-state index is 0.472. The molecule has 0 unspecified atom stereocenters. The lowest BCUT2D eigenvalue weighted by Gasteiger charge is -2.08. The first kappa shape index (κ1) is 15.0. The summed E-state index contributed by atoms with van der Waals surface area (Å²) in [5.41, 5.74) is 6.57. The van der Waals surface area contributed by atoms with Crippen LogP contribution in [0, 0.1) is 5.92 Å². The molecule has 0 aliphatic heterocycles. The molecule has 0 bridgehead atoms. The maximum atomic E-state index is 5.77. The molecule has 21 heavy (non-hydrogen) atoms. The summed E-state index contributed by atoms with van der Waals surface area (Å²) in [5, 5.41) is 11.4. The normalized spacial score (nSPS) is 12.1. The van der Waals surface area contributed by atoms with Crippen LogP contribution in [0.3, 0.4) is 0 Å². The lowest BCUT2D eigenvalue weighted by atomic mass is 10.2. The number of anilines is 1. The fraction of sp³-hybridized carbons (Fsp3) is 0.538. The molecule has 2 heterocycles. The molecule has 2 aromatic heterocycles. The lowest BCUT2D eigenvalue weighted by molar-refractivity contribution is 0.661. The number of fused-ring (bicyclic) bond motifs is 1. The van der Waals surface area contributed by atoms with Gasteiger partial charge in [-0.3, -0.25) is 9.67 Å². The summed E-state index contributed by atoms with van der Waals surface area (Å²) < 4.78 is 1.72. The van der Waals surface area contributed by atoms with Crippen molar-refractivity contribution in [1.82, 2.24) is 25.1 Å². The molecular formula is C13H22N8. The van der Waals surface area contributed by atoms with Crippen molar-refractivity contribution in [2.45, 2.75) is 13.8 Å². The van der Waals surface area contributed by atoms with Gasteiger partial charge >= 0.3 is 0 Å². The molecule has 4 N–H and O–H groups in total. The van der Waals surface area contributed by atoms with Gasteiger partial charge in [0.2, 0.25) is 0 Å². The van der Waals surface area contributed by atoms with E-state index in [1.807, 2.05) is 7.05 Å². The van der Waals surface area contributed by atoms with Gasteiger partial charge in [-0.15, -0.1) is 0 Å². The zero-order valence-corrected chi connectivity index (χ0v) is 12.7. The quantitative estimate of drug-likeness (QED) is 0.402. The van der Waals surface area contributed by atoms with Crippen molar-refractivity contribution >= 4 is 22.8 Å². The van der Waals surface area contributed by atoms with Crippen LogP contribution in [0.1, 0.15) is 13.8 Å². The van der Waals surface area contributed by atoms with Crippen molar-refractivity contribution in [2.24, 2.45) is 23.7 Å². The Bertz CT molecular complexity index is 616. The number of hydrogen-bond donors (Lipinski definition) is 3. The number of nitrogens with zero attached hydrogens (tertiary/aromatic N) is 5. The number of nitrogens with one attached hydrogen (secondary N) is 2. The van der Waals surface area contributed by atoms with Gasteiger partial charge < -0.3 is 16.4 Å². The fourth-order valence-corrected chi connectivity index (χ4v) is 1.81. The van der Waals surface area contributed by atoms with Gasteiger partial charge in [0, 0.05) is 26.7 Å². The zero-order chi connectivity index (χ0) is 15.2. The number of guanidine groups is 1. The van der Waals surface area contributed by atoms with E-state index in [-0.39, 0.29) is 0 Å². The molecule has 0 aromatic carbocycles. The SMILES string of the molecule is CC(C)CN=C(N)NCCNc1ncnc2c1cnn2C. The average Bonchev–Trinajstić information content (AvgIpc) is 2.84. The van der Waals surface area contributed by atoms with Gasteiger partial charge in [-0.05, 0) is 5.92 Å².